The molecule has 0 aromatic heterocycles. The lowest BCUT2D eigenvalue weighted by molar-refractivity contribution is 0.0642. The normalized spacial score (nSPS) is 22.6. The van der Waals surface area contributed by atoms with Gasteiger partial charge in [0, 0.05) is 4.47 Å². The second-order valence-electron chi connectivity index (χ2n) is 3.87. The molecule has 0 radical (unpaired) electrons. The average Bonchev–Trinajstić information content (AvgIpc) is 3.04. The summed E-state index contributed by atoms with van der Waals surface area (Å²) in [4.78, 5) is 25.1. The maximum Gasteiger partial charge on any atom is 0.261 e. The number of nitrogens with zero attached hydrogens (tertiary/aromatic N) is 1. The zero-order valence-corrected chi connectivity index (χ0v) is 9.86. The molecule has 1 aromatic rings. The first-order valence-electron chi connectivity index (χ1n) is 4.94. The van der Waals surface area contributed by atoms with Crippen molar-refractivity contribution in [3.05, 3.63) is 33.8 Å². The minimum absolute atomic E-state index is 0.0330. The number of fused-ring (bicyclic) bond motifs is 1. The van der Waals surface area contributed by atoms with Gasteiger partial charge >= 0.3 is 0 Å². The summed E-state index contributed by atoms with van der Waals surface area (Å²) < 4.78 is 5.84. The predicted molar refractivity (Wildman–Crippen MR) is 59.2 cm³/mol. The topological polar surface area (TPSA) is 49.9 Å². The quantitative estimate of drug-likeness (QED) is 0.609. The summed E-state index contributed by atoms with van der Waals surface area (Å²) in [6.45, 7) is 1.00. The molecule has 1 aromatic carbocycles. The Kier molecular flexibility index (Phi) is 2.12. The Balaban J connectivity index is 1.98. The zero-order chi connectivity index (χ0) is 11.3. The number of rotatable bonds is 2. The summed E-state index contributed by atoms with van der Waals surface area (Å²) >= 11 is 3.29. The van der Waals surface area contributed by atoms with E-state index in [2.05, 4.69) is 15.9 Å². The van der Waals surface area contributed by atoms with Crippen LogP contribution in [0.3, 0.4) is 0 Å². The number of epoxide rings is 1. The molecule has 1 unspecified atom stereocenters. The van der Waals surface area contributed by atoms with E-state index >= 15 is 0 Å². The molecular formula is C11H8BrNO3. The van der Waals surface area contributed by atoms with Crippen molar-refractivity contribution in [2.24, 2.45) is 0 Å². The number of ether oxygens (including phenoxy) is 1. The summed E-state index contributed by atoms with van der Waals surface area (Å²) in [6.07, 6.45) is 0.0330. The van der Waals surface area contributed by atoms with E-state index in [9.17, 15) is 9.59 Å². The lowest BCUT2D eigenvalue weighted by atomic mass is 10.1. The molecule has 1 atom stereocenters. The molecule has 0 saturated carbocycles. The number of amides is 2. The van der Waals surface area contributed by atoms with Crippen LogP contribution in [0, 0.1) is 0 Å². The van der Waals surface area contributed by atoms with E-state index < -0.39 is 0 Å². The van der Waals surface area contributed by atoms with Crippen LogP contribution >= 0.6 is 15.9 Å². The third-order valence-electron chi connectivity index (χ3n) is 2.72. The van der Waals surface area contributed by atoms with Gasteiger partial charge in [-0.15, -0.1) is 0 Å². The molecule has 1 saturated heterocycles. The van der Waals surface area contributed by atoms with Crippen LogP contribution in [0.25, 0.3) is 0 Å². The van der Waals surface area contributed by atoms with Gasteiger partial charge in [0.05, 0.1) is 30.4 Å². The monoisotopic (exact) mass is 281 g/mol. The van der Waals surface area contributed by atoms with E-state index in [-0.39, 0.29) is 17.9 Å². The van der Waals surface area contributed by atoms with Crippen LogP contribution in [0.1, 0.15) is 20.7 Å². The van der Waals surface area contributed by atoms with Gasteiger partial charge in [-0.25, -0.2) is 0 Å². The lowest BCUT2D eigenvalue weighted by Gasteiger charge is -2.10. The highest BCUT2D eigenvalue weighted by Crippen LogP contribution is 2.27. The van der Waals surface area contributed by atoms with Crippen molar-refractivity contribution in [2.45, 2.75) is 6.10 Å². The van der Waals surface area contributed by atoms with Crippen molar-refractivity contribution in [1.82, 2.24) is 4.90 Å². The van der Waals surface area contributed by atoms with Crippen LogP contribution in [-0.2, 0) is 4.74 Å². The Hall–Kier alpha value is -1.20. The number of hydrogen-bond acceptors (Lipinski definition) is 3. The van der Waals surface area contributed by atoms with Crippen LogP contribution in [0.2, 0.25) is 0 Å². The molecule has 2 aliphatic heterocycles. The van der Waals surface area contributed by atoms with E-state index in [4.69, 9.17) is 4.74 Å². The summed E-state index contributed by atoms with van der Waals surface area (Å²) in [5.74, 6) is -0.445. The Bertz CT molecular complexity index is 496. The Morgan fingerprint density at radius 1 is 1.31 bits per heavy atom. The molecule has 82 valence electrons. The van der Waals surface area contributed by atoms with Crippen LogP contribution in [-0.4, -0.2) is 36.0 Å². The maximum atomic E-state index is 12.0. The SMILES string of the molecule is O=C1c2ccc(Br)cc2C(=O)N1CC1CO1. The smallest absolute Gasteiger partial charge is 0.261 e. The number of carbonyl (C=O) groups is 2. The highest BCUT2D eigenvalue weighted by Gasteiger charge is 2.39. The highest BCUT2D eigenvalue weighted by molar-refractivity contribution is 9.10. The van der Waals surface area contributed by atoms with Gasteiger partial charge in [-0.1, -0.05) is 15.9 Å². The van der Waals surface area contributed by atoms with Gasteiger partial charge < -0.3 is 4.74 Å². The van der Waals surface area contributed by atoms with Crippen molar-refractivity contribution in [1.29, 1.82) is 0 Å². The summed E-state index contributed by atoms with van der Waals surface area (Å²) in [5, 5.41) is 0. The molecule has 4 nitrogen and oxygen atoms in total. The van der Waals surface area contributed by atoms with Gasteiger partial charge in [0.25, 0.3) is 11.8 Å². The van der Waals surface area contributed by atoms with Crippen LogP contribution in [0.5, 0.6) is 0 Å². The van der Waals surface area contributed by atoms with Gasteiger partial charge in [0.2, 0.25) is 0 Å². The molecule has 0 aliphatic carbocycles. The minimum atomic E-state index is -0.225. The molecule has 1 fully saturated rings. The van der Waals surface area contributed by atoms with Crippen LogP contribution in [0.15, 0.2) is 22.7 Å². The van der Waals surface area contributed by atoms with E-state index in [1.807, 2.05) is 0 Å². The van der Waals surface area contributed by atoms with E-state index in [1.54, 1.807) is 18.2 Å². The van der Waals surface area contributed by atoms with Crippen molar-refractivity contribution >= 4 is 27.7 Å². The molecule has 3 rings (SSSR count). The fraction of sp³-hybridized carbons (Fsp3) is 0.273. The van der Waals surface area contributed by atoms with Gasteiger partial charge in [-0.05, 0) is 18.2 Å². The van der Waals surface area contributed by atoms with Gasteiger partial charge in [0.1, 0.15) is 0 Å². The third-order valence-corrected chi connectivity index (χ3v) is 3.21. The van der Waals surface area contributed by atoms with E-state index in [0.717, 1.165) is 4.47 Å². The summed E-state index contributed by atoms with van der Waals surface area (Å²) in [5.41, 5.74) is 0.953. The number of halogens is 1. The fourth-order valence-corrected chi connectivity index (χ4v) is 2.17. The predicted octanol–water partition coefficient (Wildman–Crippen LogP) is 1.44. The van der Waals surface area contributed by atoms with Crippen molar-refractivity contribution in [3.63, 3.8) is 0 Å². The van der Waals surface area contributed by atoms with Gasteiger partial charge in [-0.2, -0.15) is 0 Å². The molecule has 2 heterocycles. The van der Waals surface area contributed by atoms with Gasteiger partial charge in [-0.3, -0.25) is 14.5 Å². The Labute approximate surface area is 100 Å². The second kappa shape index (κ2) is 3.40. The van der Waals surface area contributed by atoms with Crippen molar-refractivity contribution < 1.29 is 14.3 Å². The Morgan fingerprint density at radius 3 is 2.69 bits per heavy atom. The summed E-state index contributed by atoms with van der Waals surface area (Å²) in [6, 6.07) is 5.12. The molecule has 2 aliphatic rings. The van der Waals surface area contributed by atoms with E-state index in [1.165, 1.54) is 4.90 Å². The lowest BCUT2D eigenvalue weighted by Crippen LogP contribution is -2.33. The zero-order valence-electron chi connectivity index (χ0n) is 8.27. The van der Waals surface area contributed by atoms with Crippen molar-refractivity contribution in [3.8, 4) is 0 Å². The number of carbonyl (C=O) groups excluding carboxylic acids is 2. The molecule has 16 heavy (non-hydrogen) atoms. The second-order valence-corrected chi connectivity index (χ2v) is 4.78. The van der Waals surface area contributed by atoms with Crippen molar-refractivity contribution in [2.75, 3.05) is 13.2 Å². The fourth-order valence-electron chi connectivity index (χ4n) is 1.81. The van der Waals surface area contributed by atoms with E-state index in [0.29, 0.717) is 24.3 Å². The summed E-state index contributed by atoms with van der Waals surface area (Å²) in [7, 11) is 0. The highest BCUT2D eigenvalue weighted by atomic mass is 79.9. The van der Waals surface area contributed by atoms with Gasteiger partial charge in [0.15, 0.2) is 0 Å². The molecule has 0 bridgehead atoms. The number of imide groups is 1. The first-order valence-corrected chi connectivity index (χ1v) is 5.73. The van der Waals surface area contributed by atoms with Crippen LogP contribution < -0.4 is 0 Å². The molecule has 0 N–H and O–H groups in total. The third kappa shape index (κ3) is 1.47. The number of benzene rings is 1. The average molecular weight is 282 g/mol. The molecule has 0 spiro atoms. The Morgan fingerprint density at radius 2 is 2.00 bits per heavy atom. The largest absolute Gasteiger partial charge is 0.371 e. The first kappa shape index (κ1) is 9.99. The first-order chi connectivity index (χ1) is 7.66. The van der Waals surface area contributed by atoms with Crippen LogP contribution in [0.4, 0.5) is 0 Å². The standard InChI is InChI=1S/C11H8BrNO3/c12-6-1-2-8-9(3-6)11(15)13(10(8)14)4-7-5-16-7/h1-3,7H,4-5H2. The number of hydrogen-bond donors (Lipinski definition) is 0. The minimum Gasteiger partial charge on any atom is -0.371 e. The maximum absolute atomic E-state index is 12.0. The molecule has 2 amide bonds. The molecule has 5 heteroatoms. The molecular weight excluding hydrogens is 274 g/mol.